The molecule has 0 spiro atoms. The third kappa shape index (κ3) is 5.73. The van der Waals surface area contributed by atoms with Gasteiger partial charge in [0.25, 0.3) is 0 Å². The van der Waals surface area contributed by atoms with E-state index in [4.69, 9.17) is 23.1 Å². The highest BCUT2D eigenvalue weighted by Gasteiger charge is 2.43. The molecule has 0 N–H and O–H groups in total. The molecule has 1 aromatic rings. The number of rotatable bonds is 5. The zero-order valence-corrected chi connectivity index (χ0v) is 23.1. The molecule has 0 amide bonds. The minimum Gasteiger partial charge on any atom is -0.468 e. The van der Waals surface area contributed by atoms with E-state index in [1.165, 1.54) is 13.2 Å². The maximum Gasteiger partial charge on any atom is 0.316 e. The second-order valence-corrected chi connectivity index (χ2v) is 16.7. The van der Waals surface area contributed by atoms with Gasteiger partial charge in [-0.25, -0.2) is 0 Å². The summed E-state index contributed by atoms with van der Waals surface area (Å²) in [6.45, 7) is 18.1. The predicted molar refractivity (Wildman–Crippen MR) is 131 cm³/mol. The Hall–Kier alpha value is -1.74. The number of ether oxygens (including phenoxy) is 3. The first-order valence-electron chi connectivity index (χ1n) is 11.9. The van der Waals surface area contributed by atoms with Crippen LogP contribution in [0, 0.1) is 11.3 Å². The Morgan fingerprint density at radius 2 is 1.79 bits per heavy atom. The molecule has 190 valence electrons. The van der Waals surface area contributed by atoms with Crippen molar-refractivity contribution in [2.75, 3.05) is 20.3 Å². The number of furan rings is 1. The van der Waals surface area contributed by atoms with E-state index in [1.54, 1.807) is 12.3 Å². The maximum atomic E-state index is 12.9. The van der Waals surface area contributed by atoms with E-state index in [2.05, 4.69) is 47.7 Å². The largest absolute Gasteiger partial charge is 0.468 e. The van der Waals surface area contributed by atoms with E-state index in [0.29, 0.717) is 25.4 Å². The first-order valence-corrected chi connectivity index (χ1v) is 14.8. The van der Waals surface area contributed by atoms with Crippen molar-refractivity contribution in [3.63, 3.8) is 0 Å². The summed E-state index contributed by atoms with van der Waals surface area (Å²) in [5.41, 5.74) is 1.56. The maximum absolute atomic E-state index is 12.9. The fourth-order valence-corrected chi connectivity index (χ4v) is 5.07. The van der Waals surface area contributed by atoms with Gasteiger partial charge in [-0.05, 0) is 43.6 Å². The van der Waals surface area contributed by atoms with Crippen molar-refractivity contribution in [2.24, 2.45) is 11.3 Å². The van der Waals surface area contributed by atoms with Crippen LogP contribution in [0.2, 0.25) is 18.1 Å². The number of allylic oxidation sites excluding steroid dienone is 1. The van der Waals surface area contributed by atoms with Gasteiger partial charge < -0.3 is 23.1 Å². The average Bonchev–Trinajstić information content (AvgIpc) is 3.10. The van der Waals surface area contributed by atoms with Gasteiger partial charge in [0, 0.05) is 16.5 Å². The quantitative estimate of drug-likeness (QED) is 0.319. The molecular weight excluding hydrogens is 452 g/mol. The molecule has 0 aromatic carbocycles. The zero-order valence-electron chi connectivity index (χ0n) is 22.1. The Morgan fingerprint density at radius 3 is 2.35 bits per heavy atom. The van der Waals surface area contributed by atoms with Crippen molar-refractivity contribution in [1.82, 2.24) is 0 Å². The zero-order chi connectivity index (χ0) is 25.5. The molecule has 1 aliphatic heterocycles. The summed E-state index contributed by atoms with van der Waals surface area (Å²) in [6, 6.07) is 0. The molecule has 34 heavy (non-hydrogen) atoms. The van der Waals surface area contributed by atoms with Crippen LogP contribution in [0.25, 0.3) is 0 Å². The lowest BCUT2D eigenvalue weighted by Gasteiger charge is -2.41. The molecule has 3 rings (SSSR count). The molecule has 1 fully saturated rings. The molecule has 0 saturated carbocycles. The van der Waals surface area contributed by atoms with Crippen LogP contribution >= 0.6 is 0 Å². The average molecular weight is 493 g/mol. The highest BCUT2D eigenvalue weighted by molar-refractivity contribution is 6.74. The van der Waals surface area contributed by atoms with Crippen LogP contribution < -0.4 is 0 Å². The summed E-state index contributed by atoms with van der Waals surface area (Å²) in [7, 11) is -0.880. The van der Waals surface area contributed by atoms with Crippen LogP contribution in [-0.2, 0) is 41.1 Å². The van der Waals surface area contributed by atoms with Crippen LogP contribution in [0.5, 0.6) is 0 Å². The van der Waals surface area contributed by atoms with E-state index in [1.807, 2.05) is 6.92 Å². The number of esters is 1. The molecule has 8 heteroatoms. The van der Waals surface area contributed by atoms with Crippen LogP contribution in [0.15, 0.2) is 22.8 Å². The second-order valence-electron chi connectivity index (χ2n) is 12.0. The summed E-state index contributed by atoms with van der Waals surface area (Å²) in [5, 5.41) is -0.0153. The minimum absolute atomic E-state index is 0.0153. The molecule has 2 aliphatic rings. The standard InChI is InChI=1S/C26H40O7Si/c1-24(2,3)34(8,9)33-21-11-10-20(27)18(23(28)29-7)12-17-19(21)14-30-22(17)13-26(6)31-15-25(4,5)16-32-26/h10-11,14,18,21H,12-13,15-16H2,1-9H3/b11-10-/t18?,21-/m0/s1. The summed E-state index contributed by atoms with van der Waals surface area (Å²) in [5.74, 6) is -2.02. The smallest absolute Gasteiger partial charge is 0.316 e. The van der Waals surface area contributed by atoms with Crippen molar-refractivity contribution in [1.29, 1.82) is 0 Å². The van der Waals surface area contributed by atoms with Crippen molar-refractivity contribution in [2.45, 2.75) is 84.4 Å². The number of carbonyl (C=O) groups excluding carboxylic acids is 2. The Kier molecular flexibility index (Phi) is 7.40. The van der Waals surface area contributed by atoms with Gasteiger partial charge in [-0.2, -0.15) is 0 Å². The second kappa shape index (κ2) is 9.37. The highest BCUT2D eigenvalue weighted by Crippen LogP contribution is 2.43. The van der Waals surface area contributed by atoms with E-state index in [0.717, 1.165) is 11.1 Å². The van der Waals surface area contributed by atoms with Crippen molar-refractivity contribution < 1.29 is 32.6 Å². The van der Waals surface area contributed by atoms with Crippen LogP contribution in [0.3, 0.4) is 0 Å². The van der Waals surface area contributed by atoms with Gasteiger partial charge >= 0.3 is 5.97 Å². The Morgan fingerprint density at radius 1 is 1.18 bits per heavy atom. The summed E-state index contributed by atoms with van der Waals surface area (Å²) in [4.78, 5) is 25.4. The third-order valence-corrected chi connectivity index (χ3v) is 11.7. The Bertz CT molecular complexity index is 941. The van der Waals surface area contributed by atoms with Crippen molar-refractivity contribution >= 4 is 20.1 Å². The lowest BCUT2D eigenvalue weighted by Crippen LogP contribution is -2.47. The molecule has 1 aliphatic carbocycles. The van der Waals surface area contributed by atoms with Gasteiger partial charge in [0.15, 0.2) is 19.9 Å². The molecule has 0 bridgehead atoms. The first-order chi connectivity index (χ1) is 15.6. The number of fused-ring (bicyclic) bond motifs is 1. The monoisotopic (exact) mass is 492 g/mol. The molecule has 2 atom stereocenters. The summed E-state index contributed by atoms with van der Waals surface area (Å²) >= 11 is 0. The van der Waals surface area contributed by atoms with Gasteiger partial charge in [0.1, 0.15) is 11.7 Å². The Labute approximate surface area is 204 Å². The summed E-state index contributed by atoms with van der Waals surface area (Å²) < 4.78 is 29.9. The fourth-order valence-electron chi connectivity index (χ4n) is 3.88. The summed E-state index contributed by atoms with van der Waals surface area (Å²) in [6.07, 6.45) is 4.97. The number of carbonyl (C=O) groups is 2. The van der Waals surface area contributed by atoms with Crippen LogP contribution in [0.1, 0.15) is 64.5 Å². The normalized spacial score (nSPS) is 25.7. The topological polar surface area (TPSA) is 84.2 Å². The lowest BCUT2D eigenvalue weighted by molar-refractivity contribution is -0.289. The van der Waals surface area contributed by atoms with Crippen molar-refractivity contribution in [3.8, 4) is 0 Å². The molecule has 0 radical (unpaired) electrons. The number of methoxy groups -OCH3 is 1. The van der Waals surface area contributed by atoms with Gasteiger partial charge in [-0.15, -0.1) is 0 Å². The van der Waals surface area contributed by atoms with Gasteiger partial charge in [-0.1, -0.05) is 34.6 Å². The van der Waals surface area contributed by atoms with Crippen LogP contribution in [-0.4, -0.2) is 46.2 Å². The highest BCUT2D eigenvalue weighted by atomic mass is 28.4. The minimum atomic E-state index is -2.18. The number of hydrogen-bond acceptors (Lipinski definition) is 7. The van der Waals surface area contributed by atoms with Crippen LogP contribution in [0.4, 0.5) is 0 Å². The third-order valence-electron chi connectivity index (χ3n) is 7.24. The number of ketones is 1. The number of hydrogen-bond donors (Lipinski definition) is 0. The first kappa shape index (κ1) is 26.9. The molecular formula is C26H40O7Si. The van der Waals surface area contributed by atoms with E-state index in [-0.39, 0.29) is 22.7 Å². The molecule has 1 aromatic heterocycles. The van der Waals surface area contributed by atoms with E-state index < -0.39 is 32.1 Å². The van der Waals surface area contributed by atoms with Gasteiger partial charge in [0.05, 0.1) is 39.1 Å². The predicted octanol–water partition coefficient (Wildman–Crippen LogP) is 5.14. The molecule has 7 nitrogen and oxygen atoms in total. The lowest BCUT2D eigenvalue weighted by atomic mass is 9.87. The fraction of sp³-hybridized carbons (Fsp3) is 0.692. The van der Waals surface area contributed by atoms with Crippen molar-refractivity contribution in [3.05, 3.63) is 35.3 Å². The van der Waals surface area contributed by atoms with E-state index >= 15 is 0 Å². The van der Waals surface area contributed by atoms with E-state index in [9.17, 15) is 9.59 Å². The SMILES string of the molecule is COC(=O)C1Cc2c(coc2CC2(C)OCC(C)(C)CO2)[C@@H](O[Si](C)(C)C(C)(C)C)/C=C\C1=O. The molecule has 1 unspecified atom stereocenters. The molecule has 2 heterocycles. The van der Waals surface area contributed by atoms with Gasteiger partial charge in [-0.3, -0.25) is 9.59 Å². The Balaban J connectivity index is 2.00. The molecule has 1 saturated heterocycles. The van der Waals surface area contributed by atoms with Gasteiger partial charge in [0.2, 0.25) is 0 Å².